The van der Waals surface area contributed by atoms with Crippen molar-refractivity contribution in [1.82, 2.24) is 10.6 Å². The molecule has 0 radical (unpaired) electrons. The Bertz CT molecular complexity index is 2760. The first-order chi connectivity index (χ1) is 35.6. The molecule has 0 saturated heterocycles. The summed E-state index contributed by atoms with van der Waals surface area (Å²) in [5.74, 6) is 4.96. The molecule has 1 amide bonds. The van der Waals surface area contributed by atoms with Crippen LogP contribution in [0.15, 0.2) is 125 Å². The summed E-state index contributed by atoms with van der Waals surface area (Å²) in [6.07, 6.45) is 13.1. The number of aliphatic hydroxyl groups is 4. The number of nitrogens with one attached hydrogen (secondary N) is 2. The van der Waals surface area contributed by atoms with Crippen molar-refractivity contribution in [3.8, 4) is 17.6 Å². The summed E-state index contributed by atoms with van der Waals surface area (Å²) in [4.78, 5) is 29.2. The van der Waals surface area contributed by atoms with E-state index < -0.39 is 47.5 Å². The number of benzene rings is 3. The lowest BCUT2D eigenvalue weighted by molar-refractivity contribution is -0.216. The number of rotatable bonds is 3. The fraction of sp³-hybridized carbons (Fsp3) is 0.492. The Morgan fingerprint density at radius 1 is 0.932 bits per heavy atom. The number of phenolic OH excluding ortho intramolecular Hbond substituents is 1. The quantitative estimate of drug-likeness (QED) is 0.0937. The van der Waals surface area contributed by atoms with Gasteiger partial charge in [-0.2, -0.15) is 0 Å². The molecule has 3 fully saturated rings. The van der Waals surface area contributed by atoms with E-state index >= 15 is 4.79 Å². The standard InChI is InChI=1S/C63H77N3O8/c1-39-11-4-5-30-74-38-46(18-7-14-40(2)13-6-12-39)53-36-48-19-10-28-62(73)29-27-51-41(3)55(69)35-45-17-9-20-52-57(45)58(61(72)66-60(52)64)65-37-56(70)47(32-42-21-23-49(67)24-22-42)33-43-15-8-16-44(31-43)34-50(68)25-26-54(51)63(48,62)59(53)71/h7-9,12,14-18,20-24,31,47-48,50,53-54,56,58-60,65,67-68,70-71,73H,2,6,10-11,13,19,25-30,32-38,64H2,1,3H3,(H,66,72)/b14-7+,39-12+,46-18-,51-41?/t47-,48-,50+,53+,54+,56-,58-,59+,60-,62+,63+/m0/s1. The molecular weight excluding hydrogens is 927 g/mol. The molecule has 11 heteroatoms. The Hall–Kier alpha value is -5.42. The van der Waals surface area contributed by atoms with Gasteiger partial charge >= 0.3 is 0 Å². The molecule has 74 heavy (non-hydrogen) atoms. The van der Waals surface area contributed by atoms with Crippen molar-refractivity contribution in [3.05, 3.63) is 159 Å². The molecule has 11 atom stereocenters. The van der Waals surface area contributed by atoms with Gasteiger partial charge in [0.25, 0.3) is 0 Å². The minimum Gasteiger partial charge on any atom is -0.508 e. The third kappa shape index (κ3) is 11.2. The fourth-order valence-electron chi connectivity index (χ4n) is 14.1. The van der Waals surface area contributed by atoms with Crippen LogP contribution in [0.3, 0.4) is 0 Å². The van der Waals surface area contributed by atoms with Gasteiger partial charge in [-0.15, -0.1) is 0 Å². The number of aromatic hydroxyl groups is 1. The first-order valence-corrected chi connectivity index (χ1v) is 27.1. The van der Waals surface area contributed by atoms with Crippen LogP contribution in [0.1, 0.15) is 130 Å². The monoisotopic (exact) mass is 1000 g/mol. The molecule has 392 valence electrons. The highest BCUT2D eigenvalue weighted by molar-refractivity contribution is 5.98. The van der Waals surface area contributed by atoms with E-state index in [2.05, 4.69) is 54.2 Å². The summed E-state index contributed by atoms with van der Waals surface area (Å²) in [5, 5.41) is 67.3. The highest BCUT2D eigenvalue weighted by Gasteiger charge is 2.70. The van der Waals surface area contributed by atoms with Crippen LogP contribution in [0, 0.1) is 40.9 Å². The second-order valence-electron chi connectivity index (χ2n) is 22.4. The molecule has 9 rings (SSSR count). The van der Waals surface area contributed by atoms with E-state index in [1.165, 1.54) is 5.57 Å². The van der Waals surface area contributed by atoms with Crippen molar-refractivity contribution in [2.75, 3.05) is 19.8 Å². The molecule has 3 saturated carbocycles. The second-order valence-corrected chi connectivity index (χ2v) is 22.4. The largest absolute Gasteiger partial charge is 0.508 e. The molecule has 3 aromatic rings. The van der Waals surface area contributed by atoms with Crippen LogP contribution in [0.4, 0.5) is 0 Å². The first kappa shape index (κ1) is 53.4. The number of Topliss-reactive ketones (excluding diaryl/α,β-unsaturated/α-hetero) is 1. The van der Waals surface area contributed by atoms with Crippen molar-refractivity contribution in [1.29, 1.82) is 0 Å². The van der Waals surface area contributed by atoms with Gasteiger partial charge in [-0.1, -0.05) is 120 Å². The summed E-state index contributed by atoms with van der Waals surface area (Å²) in [6.45, 7) is 8.87. The SMILES string of the molecule is C=C1/C=C/C=C(\[C@H]2C[C@@H]3CCC[C@@]4(O)CCC5=C(C)C(=O)Cc6cccc7c6[C@H](NC[C@H](O)[C@@H](Cc6ccc(O)cc6)Cc6cccc(c6)C[C@H](O)CC[C@H]5[C@@]34[C@@H]2O)C(=O)N[C@@H]7N)COCC#CC/C(C)=C/CC1. The van der Waals surface area contributed by atoms with Crippen LogP contribution in [0.2, 0.25) is 0 Å². The van der Waals surface area contributed by atoms with E-state index in [9.17, 15) is 30.3 Å². The predicted octanol–water partition coefficient (Wildman–Crippen LogP) is 8.20. The van der Waals surface area contributed by atoms with E-state index in [0.717, 1.165) is 59.1 Å². The Balaban J connectivity index is 1.12. The number of carbonyl (C=O) groups is 2. The number of nitrogens with two attached hydrogens (primary N) is 1. The highest BCUT2D eigenvalue weighted by Crippen LogP contribution is 2.69. The number of β-amino-alcohol motifs (C(OH)–C–C–N with tert-alkyl or cyclic N) is 1. The number of hydrogen-bond acceptors (Lipinski definition) is 10. The average Bonchev–Trinajstić information content (AvgIpc) is 3.67. The number of hydrogen-bond donors (Lipinski definition) is 8. The number of ketones is 1. The van der Waals surface area contributed by atoms with Gasteiger partial charge in [0.1, 0.15) is 24.6 Å². The summed E-state index contributed by atoms with van der Waals surface area (Å²) in [6, 6.07) is 19.8. The van der Waals surface area contributed by atoms with E-state index in [0.29, 0.717) is 86.5 Å². The number of ether oxygens (including phenoxy) is 1. The van der Waals surface area contributed by atoms with Crippen molar-refractivity contribution in [3.63, 3.8) is 0 Å². The summed E-state index contributed by atoms with van der Waals surface area (Å²) in [7, 11) is 0. The Morgan fingerprint density at radius 2 is 1.72 bits per heavy atom. The van der Waals surface area contributed by atoms with Crippen LogP contribution in [-0.4, -0.2) is 80.9 Å². The molecule has 0 unspecified atom stereocenters. The van der Waals surface area contributed by atoms with Gasteiger partial charge in [-0.3, -0.25) is 14.9 Å². The average molecular weight is 1000 g/mol. The molecule has 6 aliphatic rings. The van der Waals surface area contributed by atoms with Gasteiger partial charge in [-0.25, -0.2) is 0 Å². The van der Waals surface area contributed by atoms with E-state index in [4.69, 9.17) is 10.5 Å². The van der Waals surface area contributed by atoms with Crippen LogP contribution in [0.5, 0.6) is 5.75 Å². The number of allylic oxidation sites excluding steroid dienone is 8. The third-order valence-electron chi connectivity index (χ3n) is 17.8. The lowest BCUT2D eigenvalue weighted by Crippen LogP contribution is -2.65. The van der Waals surface area contributed by atoms with Gasteiger partial charge in [0.2, 0.25) is 5.91 Å². The van der Waals surface area contributed by atoms with Crippen molar-refractivity contribution < 1.29 is 39.9 Å². The Labute approximate surface area is 437 Å². The van der Waals surface area contributed by atoms with Gasteiger partial charge < -0.3 is 41.3 Å². The van der Waals surface area contributed by atoms with Crippen molar-refractivity contribution >= 4 is 11.7 Å². The lowest BCUT2D eigenvalue weighted by Gasteiger charge is -2.61. The third-order valence-corrected chi connectivity index (χ3v) is 17.8. The van der Waals surface area contributed by atoms with Gasteiger partial charge in [0.05, 0.1) is 30.5 Å². The molecule has 1 spiro atoms. The summed E-state index contributed by atoms with van der Waals surface area (Å²) >= 11 is 0. The van der Waals surface area contributed by atoms with Gasteiger partial charge in [0, 0.05) is 30.7 Å². The Morgan fingerprint density at radius 3 is 2.53 bits per heavy atom. The maximum Gasteiger partial charge on any atom is 0.243 e. The van der Waals surface area contributed by atoms with Crippen LogP contribution in [-0.2, 0) is 40.0 Å². The van der Waals surface area contributed by atoms with Crippen LogP contribution in [0.25, 0.3) is 0 Å². The maximum atomic E-state index is 15.2. The zero-order valence-corrected chi connectivity index (χ0v) is 43.3. The molecule has 9 N–H and O–H groups in total. The molecule has 3 aliphatic carbocycles. The Kier molecular flexibility index (Phi) is 16.8. The molecule has 11 nitrogen and oxygen atoms in total. The van der Waals surface area contributed by atoms with Gasteiger partial charge in [-0.05, 0) is 165 Å². The molecule has 3 heterocycles. The van der Waals surface area contributed by atoms with Gasteiger partial charge in [0.15, 0.2) is 5.78 Å². The summed E-state index contributed by atoms with van der Waals surface area (Å²) in [5.41, 5.74) is 13.9. The topological polar surface area (TPSA) is 195 Å². The molecule has 3 aromatic carbocycles. The van der Waals surface area contributed by atoms with E-state index in [1.807, 2.05) is 67.6 Å². The lowest BCUT2D eigenvalue weighted by atomic mass is 9.45. The van der Waals surface area contributed by atoms with Crippen molar-refractivity contribution in [2.24, 2.45) is 34.8 Å². The smallest absolute Gasteiger partial charge is 0.243 e. The zero-order chi connectivity index (χ0) is 52.1. The van der Waals surface area contributed by atoms with Crippen LogP contribution < -0.4 is 16.4 Å². The second kappa shape index (κ2) is 23.2. The minimum atomic E-state index is -1.22. The zero-order valence-electron chi connectivity index (χ0n) is 43.3. The normalized spacial score (nSPS) is 34.5. The predicted molar refractivity (Wildman–Crippen MR) is 288 cm³/mol. The number of carbonyl (C=O) groups excluding carboxylic acids is 2. The highest BCUT2D eigenvalue weighted by atomic mass is 16.5. The molecule has 2 bridgehead atoms. The van der Waals surface area contributed by atoms with Crippen molar-refractivity contribution in [2.45, 2.75) is 146 Å². The fourth-order valence-corrected chi connectivity index (χ4v) is 14.1. The molecule has 0 aromatic heterocycles. The summed E-state index contributed by atoms with van der Waals surface area (Å²) < 4.78 is 6.27. The number of phenols is 1. The maximum absolute atomic E-state index is 15.2. The minimum absolute atomic E-state index is 0.0149. The number of amides is 1. The number of aliphatic hydroxyl groups excluding tert-OH is 3. The van der Waals surface area contributed by atoms with Crippen LogP contribution >= 0.6 is 0 Å². The number of fused-ring (bicyclic) bond motifs is 3. The molecular formula is C63H77N3O8. The first-order valence-electron chi connectivity index (χ1n) is 27.1. The van der Waals surface area contributed by atoms with E-state index in [-0.39, 0.29) is 61.4 Å². The molecule has 3 aliphatic heterocycles. The van der Waals surface area contributed by atoms with E-state index in [1.54, 1.807) is 12.1 Å².